The number of rotatable bonds is 3. The van der Waals surface area contributed by atoms with Gasteiger partial charge < -0.3 is 20.1 Å². The van der Waals surface area contributed by atoms with Gasteiger partial charge in [-0.05, 0) is 37.7 Å². The van der Waals surface area contributed by atoms with Crippen LogP contribution >= 0.6 is 11.5 Å². The van der Waals surface area contributed by atoms with Gasteiger partial charge in [0, 0.05) is 6.54 Å². The molecule has 3 rings (SSSR count). The molecule has 1 saturated carbocycles. The van der Waals surface area contributed by atoms with E-state index in [0.717, 1.165) is 30.8 Å². The molecule has 2 fully saturated rings. The molecule has 7 heteroatoms. The number of carbonyl (C=O) groups excluding carboxylic acids is 1. The van der Waals surface area contributed by atoms with Crippen LogP contribution in [0.4, 0.5) is 10.8 Å². The fourth-order valence-electron chi connectivity index (χ4n) is 3.06. The molecule has 2 heterocycles. The topological polar surface area (TPSA) is 77.7 Å². The summed E-state index contributed by atoms with van der Waals surface area (Å²) in [7, 11) is 0. The molecule has 2 N–H and O–H groups in total. The molecule has 2 unspecified atom stereocenters. The molecule has 0 radical (unpaired) electrons. The van der Waals surface area contributed by atoms with Crippen molar-refractivity contribution in [3.05, 3.63) is 5.56 Å². The molecule has 2 aliphatic rings. The molecule has 2 atom stereocenters. The molecule has 110 valence electrons. The maximum absolute atomic E-state index is 12.1. The number of fused-ring (bicyclic) bond motifs is 1. The number of nitrogens with zero attached hydrogens (tertiary/aromatic N) is 2. The predicted molar refractivity (Wildman–Crippen MR) is 77.2 cm³/mol. The molecular formula is C13H19N3O3S. The normalized spacial score (nSPS) is 25.6. The van der Waals surface area contributed by atoms with Crippen molar-refractivity contribution in [1.82, 2.24) is 4.37 Å². The summed E-state index contributed by atoms with van der Waals surface area (Å²) in [6, 6.07) is 0.330. The van der Waals surface area contributed by atoms with E-state index in [1.54, 1.807) is 6.92 Å². The quantitative estimate of drug-likeness (QED) is 0.855. The van der Waals surface area contributed by atoms with E-state index in [1.807, 2.05) is 0 Å². The molecule has 0 amide bonds. The van der Waals surface area contributed by atoms with Crippen LogP contribution in [0.15, 0.2) is 0 Å². The summed E-state index contributed by atoms with van der Waals surface area (Å²) >= 11 is 1.28. The second kappa shape index (κ2) is 5.57. The van der Waals surface area contributed by atoms with Crippen molar-refractivity contribution in [2.24, 2.45) is 0 Å². The largest absolute Gasteiger partial charge is 0.462 e. The molecule has 6 nitrogen and oxygen atoms in total. The van der Waals surface area contributed by atoms with Crippen molar-refractivity contribution in [1.29, 1.82) is 0 Å². The maximum Gasteiger partial charge on any atom is 0.345 e. The van der Waals surface area contributed by atoms with Crippen LogP contribution in [-0.4, -0.2) is 42.2 Å². The Morgan fingerprint density at radius 1 is 1.60 bits per heavy atom. The molecule has 20 heavy (non-hydrogen) atoms. The van der Waals surface area contributed by atoms with E-state index in [4.69, 9.17) is 15.2 Å². The first kappa shape index (κ1) is 13.6. The number of esters is 1. The molecule has 0 spiro atoms. The number of carbonyl (C=O) groups is 1. The molecule has 0 aromatic carbocycles. The van der Waals surface area contributed by atoms with Crippen LogP contribution in [0, 0.1) is 0 Å². The van der Waals surface area contributed by atoms with Crippen molar-refractivity contribution < 1.29 is 14.3 Å². The average Bonchev–Trinajstić information content (AvgIpc) is 3.04. The van der Waals surface area contributed by atoms with E-state index < -0.39 is 0 Å². The van der Waals surface area contributed by atoms with E-state index in [9.17, 15) is 4.79 Å². The molecule has 1 saturated heterocycles. The Bertz CT molecular complexity index is 505. The summed E-state index contributed by atoms with van der Waals surface area (Å²) in [6.45, 7) is 3.58. The minimum Gasteiger partial charge on any atom is -0.462 e. The van der Waals surface area contributed by atoms with Gasteiger partial charge in [0.05, 0.1) is 25.4 Å². The van der Waals surface area contributed by atoms with Gasteiger partial charge in [-0.1, -0.05) is 0 Å². The third kappa shape index (κ3) is 2.25. The zero-order valence-electron chi connectivity index (χ0n) is 11.5. The van der Waals surface area contributed by atoms with Gasteiger partial charge in [-0.2, -0.15) is 4.37 Å². The van der Waals surface area contributed by atoms with Gasteiger partial charge in [-0.3, -0.25) is 0 Å². The number of nitrogens with two attached hydrogens (primary N) is 1. The highest BCUT2D eigenvalue weighted by Crippen LogP contribution is 2.38. The van der Waals surface area contributed by atoms with Crippen molar-refractivity contribution >= 4 is 28.3 Å². The summed E-state index contributed by atoms with van der Waals surface area (Å²) in [5, 5.41) is 0.834. The van der Waals surface area contributed by atoms with Crippen LogP contribution < -0.4 is 10.6 Å². The average molecular weight is 297 g/mol. The Labute approximate surface area is 122 Å². The summed E-state index contributed by atoms with van der Waals surface area (Å²) in [4.78, 5) is 14.3. The number of aromatic nitrogens is 1. The van der Waals surface area contributed by atoms with Gasteiger partial charge in [-0.15, -0.1) is 0 Å². The minimum absolute atomic E-state index is 0.266. The molecule has 1 aliphatic heterocycles. The van der Waals surface area contributed by atoms with E-state index in [0.29, 0.717) is 24.8 Å². The number of morpholine rings is 1. The number of anilines is 2. The summed E-state index contributed by atoms with van der Waals surface area (Å²) in [6.07, 6.45) is 3.60. The lowest BCUT2D eigenvalue weighted by atomic mass is 10.1. The number of hydrogen-bond donors (Lipinski definition) is 1. The van der Waals surface area contributed by atoms with Crippen LogP contribution in [0.1, 0.15) is 36.5 Å². The van der Waals surface area contributed by atoms with Gasteiger partial charge in [0.15, 0.2) is 5.82 Å². The van der Waals surface area contributed by atoms with Crippen molar-refractivity contribution in [3.8, 4) is 0 Å². The highest BCUT2D eigenvalue weighted by molar-refractivity contribution is 7.11. The Hall–Kier alpha value is -1.34. The summed E-state index contributed by atoms with van der Waals surface area (Å²) in [5.74, 6) is -0.112. The maximum atomic E-state index is 12.1. The molecule has 1 aromatic rings. The minimum atomic E-state index is -0.380. The van der Waals surface area contributed by atoms with Crippen molar-refractivity contribution in [2.45, 2.75) is 38.3 Å². The molecular weight excluding hydrogens is 278 g/mol. The van der Waals surface area contributed by atoms with Crippen LogP contribution in [0.25, 0.3) is 0 Å². The van der Waals surface area contributed by atoms with Crippen LogP contribution in [0.2, 0.25) is 0 Å². The first-order chi connectivity index (χ1) is 9.72. The zero-order chi connectivity index (χ0) is 14.1. The SMILES string of the molecule is CCOC(=O)c1c(N)nsc1N1CCOC2CCCC21. The second-order valence-electron chi connectivity index (χ2n) is 5.07. The van der Waals surface area contributed by atoms with E-state index in [-0.39, 0.29) is 17.9 Å². The fraction of sp³-hybridized carbons (Fsp3) is 0.692. The molecule has 1 aromatic heterocycles. The smallest absolute Gasteiger partial charge is 0.345 e. The highest BCUT2D eigenvalue weighted by atomic mass is 32.1. The number of nitrogen functional groups attached to an aromatic ring is 1. The monoisotopic (exact) mass is 297 g/mol. The Morgan fingerprint density at radius 2 is 2.45 bits per heavy atom. The standard InChI is InChI=1S/C13H19N3O3S/c1-2-18-13(17)10-11(14)15-20-12(10)16-6-7-19-9-5-3-4-8(9)16/h8-9H,2-7H2,1H3,(H2,14,15). The Morgan fingerprint density at radius 3 is 3.25 bits per heavy atom. The third-order valence-electron chi connectivity index (χ3n) is 3.92. The highest BCUT2D eigenvalue weighted by Gasteiger charge is 2.39. The van der Waals surface area contributed by atoms with Gasteiger partial charge in [-0.25, -0.2) is 4.79 Å². The van der Waals surface area contributed by atoms with Crippen molar-refractivity contribution in [2.75, 3.05) is 30.4 Å². The zero-order valence-corrected chi connectivity index (χ0v) is 12.3. The molecule has 0 bridgehead atoms. The number of ether oxygens (including phenoxy) is 2. The lowest BCUT2D eigenvalue weighted by Crippen LogP contribution is -2.48. The van der Waals surface area contributed by atoms with Gasteiger partial charge in [0.1, 0.15) is 10.6 Å². The van der Waals surface area contributed by atoms with Gasteiger partial charge in [0.25, 0.3) is 0 Å². The van der Waals surface area contributed by atoms with Crippen molar-refractivity contribution in [3.63, 3.8) is 0 Å². The lowest BCUT2D eigenvalue weighted by Gasteiger charge is -2.38. The summed E-state index contributed by atoms with van der Waals surface area (Å²) in [5.41, 5.74) is 6.28. The number of hydrogen-bond acceptors (Lipinski definition) is 7. The lowest BCUT2D eigenvalue weighted by molar-refractivity contribution is 0.0256. The predicted octanol–water partition coefficient (Wildman–Crippen LogP) is 1.66. The van der Waals surface area contributed by atoms with Gasteiger partial charge in [0.2, 0.25) is 0 Å². The Balaban J connectivity index is 1.91. The van der Waals surface area contributed by atoms with Crippen LogP contribution in [0.5, 0.6) is 0 Å². The van der Waals surface area contributed by atoms with Gasteiger partial charge >= 0.3 is 5.97 Å². The third-order valence-corrected chi connectivity index (χ3v) is 4.82. The Kier molecular flexibility index (Phi) is 3.80. The fourth-order valence-corrected chi connectivity index (χ4v) is 3.95. The first-order valence-electron chi connectivity index (χ1n) is 7.03. The van der Waals surface area contributed by atoms with E-state index in [2.05, 4.69) is 9.27 Å². The van der Waals surface area contributed by atoms with Crippen LogP contribution in [-0.2, 0) is 9.47 Å². The summed E-state index contributed by atoms with van der Waals surface area (Å²) < 4.78 is 15.0. The van der Waals surface area contributed by atoms with Crippen LogP contribution in [0.3, 0.4) is 0 Å². The van der Waals surface area contributed by atoms with E-state index in [1.165, 1.54) is 11.5 Å². The second-order valence-corrected chi connectivity index (χ2v) is 5.82. The first-order valence-corrected chi connectivity index (χ1v) is 7.80. The van der Waals surface area contributed by atoms with E-state index >= 15 is 0 Å². The molecule has 1 aliphatic carbocycles.